The topological polar surface area (TPSA) is 59.1 Å². The number of nitrogens with two attached hydrogens (primary N) is 1. The number of aryl methyl sites for hydroxylation is 2. The molecule has 0 unspecified atom stereocenters. The molecule has 76 valence electrons. The number of rotatable bonds is 3. The van der Waals surface area contributed by atoms with Gasteiger partial charge in [-0.1, -0.05) is 11.6 Å². The van der Waals surface area contributed by atoms with Crippen molar-refractivity contribution in [2.24, 2.45) is 5.73 Å². The van der Waals surface area contributed by atoms with E-state index in [1.807, 2.05) is 26.0 Å². The summed E-state index contributed by atoms with van der Waals surface area (Å²) in [6, 6.07) is 3.66. The summed E-state index contributed by atoms with van der Waals surface area (Å²) >= 11 is 5.99. The highest BCUT2D eigenvalue weighted by molar-refractivity contribution is 6.32. The van der Waals surface area contributed by atoms with Crippen LogP contribution in [-0.4, -0.2) is 12.4 Å². The van der Waals surface area contributed by atoms with Gasteiger partial charge in [0.15, 0.2) is 0 Å². The standard InChI is InChI=1S/C10H13ClN2O/c1-6-3-8(14-5-9(12)13)4-7(2)10(6)11/h3-4H,5H2,1-2H3,(H3,12,13). The fourth-order valence-corrected chi connectivity index (χ4v) is 1.26. The van der Waals surface area contributed by atoms with E-state index in [-0.39, 0.29) is 12.4 Å². The third kappa shape index (κ3) is 2.64. The van der Waals surface area contributed by atoms with E-state index < -0.39 is 0 Å². The third-order valence-electron chi connectivity index (χ3n) is 1.80. The van der Waals surface area contributed by atoms with Crippen LogP contribution in [0.3, 0.4) is 0 Å². The monoisotopic (exact) mass is 212 g/mol. The van der Waals surface area contributed by atoms with Gasteiger partial charge < -0.3 is 10.5 Å². The summed E-state index contributed by atoms with van der Waals surface area (Å²) in [5.41, 5.74) is 7.10. The van der Waals surface area contributed by atoms with E-state index in [0.29, 0.717) is 5.75 Å². The van der Waals surface area contributed by atoms with Crippen molar-refractivity contribution in [3.8, 4) is 5.75 Å². The van der Waals surface area contributed by atoms with E-state index in [2.05, 4.69) is 0 Å². The Morgan fingerprint density at radius 3 is 2.36 bits per heavy atom. The first-order valence-corrected chi connectivity index (χ1v) is 4.61. The predicted molar refractivity (Wildman–Crippen MR) is 58.3 cm³/mol. The fraction of sp³-hybridized carbons (Fsp3) is 0.300. The molecular weight excluding hydrogens is 200 g/mol. The lowest BCUT2D eigenvalue weighted by atomic mass is 10.1. The molecule has 4 heteroatoms. The lowest BCUT2D eigenvalue weighted by Crippen LogP contribution is -2.19. The molecule has 1 aromatic carbocycles. The van der Waals surface area contributed by atoms with Crippen molar-refractivity contribution < 1.29 is 4.74 Å². The molecule has 0 amide bonds. The largest absolute Gasteiger partial charge is 0.486 e. The van der Waals surface area contributed by atoms with Crippen molar-refractivity contribution in [3.63, 3.8) is 0 Å². The van der Waals surface area contributed by atoms with Crippen LogP contribution in [0.4, 0.5) is 0 Å². The average Bonchev–Trinajstić information content (AvgIpc) is 2.10. The summed E-state index contributed by atoms with van der Waals surface area (Å²) in [6.45, 7) is 3.94. The molecule has 0 aromatic heterocycles. The quantitative estimate of drug-likeness (QED) is 0.597. The molecule has 0 aliphatic rings. The summed E-state index contributed by atoms with van der Waals surface area (Å²) in [7, 11) is 0. The molecule has 0 radical (unpaired) electrons. The number of halogens is 1. The summed E-state index contributed by atoms with van der Waals surface area (Å²) in [5.74, 6) is 0.704. The minimum Gasteiger partial charge on any atom is -0.486 e. The van der Waals surface area contributed by atoms with Gasteiger partial charge in [-0.25, -0.2) is 0 Å². The van der Waals surface area contributed by atoms with Crippen LogP contribution in [0.5, 0.6) is 5.75 Å². The molecular formula is C10H13ClN2O. The van der Waals surface area contributed by atoms with Gasteiger partial charge >= 0.3 is 0 Å². The summed E-state index contributed by atoms with van der Waals surface area (Å²) < 4.78 is 5.28. The Balaban J connectivity index is 2.84. The molecule has 0 aliphatic carbocycles. The number of nitrogens with one attached hydrogen (secondary N) is 1. The molecule has 1 aromatic rings. The highest BCUT2D eigenvalue weighted by Crippen LogP contribution is 2.25. The van der Waals surface area contributed by atoms with Crippen molar-refractivity contribution in [3.05, 3.63) is 28.3 Å². The molecule has 0 fully saturated rings. The normalized spacial score (nSPS) is 9.93. The number of benzene rings is 1. The second kappa shape index (κ2) is 4.33. The van der Waals surface area contributed by atoms with Gasteiger partial charge in [0.25, 0.3) is 0 Å². The SMILES string of the molecule is Cc1cc(OCC(=N)N)cc(C)c1Cl. The van der Waals surface area contributed by atoms with Crippen molar-refractivity contribution in [2.45, 2.75) is 13.8 Å². The van der Waals surface area contributed by atoms with Gasteiger partial charge in [-0.05, 0) is 37.1 Å². The Morgan fingerprint density at radius 1 is 1.43 bits per heavy atom. The fourth-order valence-electron chi connectivity index (χ4n) is 1.15. The number of hydrogen-bond donors (Lipinski definition) is 2. The van der Waals surface area contributed by atoms with Crippen molar-refractivity contribution in [1.29, 1.82) is 5.41 Å². The first-order chi connectivity index (χ1) is 6.50. The van der Waals surface area contributed by atoms with E-state index in [9.17, 15) is 0 Å². The maximum absolute atomic E-state index is 7.02. The number of ether oxygens (including phenoxy) is 1. The van der Waals surface area contributed by atoms with Crippen LogP contribution in [0.1, 0.15) is 11.1 Å². The second-order valence-electron chi connectivity index (χ2n) is 3.18. The minimum absolute atomic E-state index is 0.00950. The maximum atomic E-state index is 7.02. The molecule has 0 heterocycles. The molecule has 0 saturated carbocycles. The Labute approximate surface area is 88.3 Å². The summed E-state index contributed by atoms with van der Waals surface area (Å²) in [5, 5.41) is 7.77. The first kappa shape index (κ1) is 10.9. The van der Waals surface area contributed by atoms with Crippen molar-refractivity contribution in [1.82, 2.24) is 0 Å². The van der Waals surface area contributed by atoms with Crippen LogP contribution in [0.2, 0.25) is 5.02 Å². The van der Waals surface area contributed by atoms with E-state index >= 15 is 0 Å². The van der Waals surface area contributed by atoms with Crippen LogP contribution in [0, 0.1) is 19.3 Å². The van der Waals surface area contributed by atoms with E-state index in [4.69, 9.17) is 27.5 Å². The zero-order valence-corrected chi connectivity index (χ0v) is 8.98. The highest BCUT2D eigenvalue weighted by atomic mass is 35.5. The summed E-state index contributed by atoms with van der Waals surface area (Å²) in [6.07, 6.45) is 0. The van der Waals surface area contributed by atoms with E-state index in [0.717, 1.165) is 16.1 Å². The average molecular weight is 213 g/mol. The van der Waals surface area contributed by atoms with Crippen LogP contribution in [0.25, 0.3) is 0 Å². The van der Waals surface area contributed by atoms with Crippen molar-refractivity contribution in [2.75, 3.05) is 6.61 Å². The van der Waals surface area contributed by atoms with E-state index in [1.165, 1.54) is 0 Å². The van der Waals surface area contributed by atoms with Gasteiger partial charge in [-0.3, -0.25) is 5.41 Å². The second-order valence-corrected chi connectivity index (χ2v) is 3.56. The zero-order chi connectivity index (χ0) is 10.7. The van der Waals surface area contributed by atoms with Crippen molar-refractivity contribution >= 4 is 17.4 Å². The number of amidine groups is 1. The van der Waals surface area contributed by atoms with Gasteiger partial charge in [-0.2, -0.15) is 0 Å². The highest BCUT2D eigenvalue weighted by Gasteiger charge is 2.03. The van der Waals surface area contributed by atoms with E-state index in [1.54, 1.807) is 0 Å². The van der Waals surface area contributed by atoms with Gasteiger partial charge in [0, 0.05) is 5.02 Å². The first-order valence-electron chi connectivity index (χ1n) is 4.23. The Bertz CT molecular complexity index is 340. The minimum atomic E-state index is 0.00950. The summed E-state index contributed by atoms with van der Waals surface area (Å²) in [4.78, 5) is 0. The Kier molecular flexibility index (Phi) is 3.36. The molecule has 1 rings (SSSR count). The molecule has 0 saturated heterocycles. The molecule has 0 bridgehead atoms. The number of hydrogen-bond acceptors (Lipinski definition) is 2. The molecule has 0 spiro atoms. The van der Waals surface area contributed by atoms with Crippen LogP contribution in [0.15, 0.2) is 12.1 Å². The predicted octanol–water partition coefficient (Wildman–Crippen LogP) is 2.27. The molecule has 3 N–H and O–H groups in total. The Morgan fingerprint density at radius 2 is 1.93 bits per heavy atom. The van der Waals surface area contributed by atoms with Gasteiger partial charge in [0.1, 0.15) is 18.2 Å². The van der Waals surface area contributed by atoms with Crippen LogP contribution >= 0.6 is 11.6 Å². The van der Waals surface area contributed by atoms with Gasteiger partial charge in [-0.15, -0.1) is 0 Å². The Hall–Kier alpha value is -1.22. The molecule has 14 heavy (non-hydrogen) atoms. The molecule has 0 atom stereocenters. The van der Waals surface area contributed by atoms with Gasteiger partial charge in [0.05, 0.1) is 0 Å². The zero-order valence-electron chi connectivity index (χ0n) is 8.23. The smallest absolute Gasteiger partial charge is 0.145 e. The lowest BCUT2D eigenvalue weighted by Gasteiger charge is -2.08. The third-order valence-corrected chi connectivity index (χ3v) is 2.40. The van der Waals surface area contributed by atoms with Crippen LogP contribution in [-0.2, 0) is 0 Å². The lowest BCUT2D eigenvalue weighted by molar-refractivity contribution is 0.374. The maximum Gasteiger partial charge on any atom is 0.145 e. The van der Waals surface area contributed by atoms with Gasteiger partial charge in [0.2, 0.25) is 0 Å². The molecule has 0 aliphatic heterocycles. The van der Waals surface area contributed by atoms with Crippen LogP contribution < -0.4 is 10.5 Å². The molecule has 3 nitrogen and oxygen atoms in total.